The third kappa shape index (κ3) is 3.96. The Hall–Kier alpha value is -1.86. The lowest BCUT2D eigenvalue weighted by Crippen LogP contribution is -2.40. The van der Waals surface area contributed by atoms with Gasteiger partial charge in [-0.05, 0) is 24.5 Å². The minimum absolute atomic E-state index is 0.158. The van der Waals surface area contributed by atoms with E-state index in [1.165, 1.54) is 34.2 Å². The molecule has 0 saturated carbocycles. The molecule has 0 saturated heterocycles. The molecule has 0 unspecified atom stereocenters. The van der Waals surface area contributed by atoms with Crippen molar-refractivity contribution in [1.82, 2.24) is 15.1 Å². The van der Waals surface area contributed by atoms with Crippen LogP contribution in [-0.4, -0.2) is 39.3 Å². The van der Waals surface area contributed by atoms with Gasteiger partial charge in [0.25, 0.3) is 0 Å². The Morgan fingerprint density at radius 3 is 3.04 bits per heavy atom. The number of amides is 1. The van der Waals surface area contributed by atoms with Crippen LogP contribution in [0.5, 0.6) is 0 Å². The van der Waals surface area contributed by atoms with Crippen LogP contribution in [0.2, 0.25) is 0 Å². The summed E-state index contributed by atoms with van der Waals surface area (Å²) in [6.07, 6.45) is 2.70. The number of carbonyl (C=O) groups is 1. The first-order chi connectivity index (χ1) is 11.7. The molecule has 1 aliphatic heterocycles. The fraction of sp³-hybridized carbons (Fsp3) is 0.353. The Balaban J connectivity index is 1.59. The smallest absolute Gasteiger partial charge is 0.236 e. The maximum atomic E-state index is 12.7. The number of nitrogens with one attached hydrogen (secondary N) is 1. The minimum Gasteiger partial charge on any atom is -0.357 e. The molecule has 1 N–H and O–H groups in total. The van der Waals surface area contributed by atoms with E-state index in [2.05, 4.69) is 40.3 Å². The molecule has 1 aliphatic rings. The first-order valence-electron chi connectivity index (χ1n) is 7.88. The average Bonchev–Trinajstić information content (AvgIpc) is 3.06. The van der Waals surface area contributed by atoms with E-state index in [4.69, 9.17) is 0 Å². The van der Waals surface area contributed by atoms with Gasteiger partial charge in [-0.15, -0.1) is 16.8 Å². The third-order valence-corrected chi connectivity index (χ3v) is 5.92. The summed E-state index contributed by atoms with van der Waals surface area (Å²) in [7, 11) is 0. The van der Waals surface area contributed by atoms with Gasteiger partial charge in [-0.2, -0.15) is 0 Å². The van der Waals surface area contributed by atoms with E-state index < -0.39 is 0 Å². The van der Waals surface area contributed by atoms with Crippen LogP contribution in [0.1, 0.15) is 18.1 Å². The molecular weight excluding hydrogens is 340 g/mol. The number of fused-ring (bicyclic) bond motifs is 1. The van der Waals surface area contributed by atoms with Crippen LogP contribution in [-0.2, 0) is 17.8 Å². The van der Waals surface area contributed by atoms with Crippen LogP contribution in [0.25, 0.3) is 0 Å². The Morgan fingerprint density at radius 1 is 1.46 bits per heavy atom. The van der Waals surface area contributed by atoms with E-state index in [1.54, 1.807) is 6.08 Å². The highest BCUT2D eigenvalue weighted by atomic mass is 32.2. The van der Waals surface area contributed by atoms with Gasteiger partial charge in [0.2, 0.25) is 11.0 Å². The molecule has 0 bridgehead atoms. The van der Waals surface area contributed by atoms with Gasteiger partial charge in [0.15, 0.2) is 4.34 Å². The summed E-state index contributed by atoms with van der Waals surface area (Å²) in [6.45, 7) is 7.73. The standard InChI is InChI=1S/C17H20N4OS2/c1-3-9-18-16-19-20-17(24-16)23-12(2)15(22)21-10-8-13-6-4-5-7-14(13)11-21/h3-7,12H,1,8-11H2,2H3,(H,18,19)/t12-/m1/s1. The van der Waals surface area contributed by atoms with Gasteiger partial charge < -0.3 is 10.2 Å². The largest absolute Gasteiger partial charge is 0.357 e. The van der Waals surface area contributed by atoms with Crippen molar-refractivity contribution in [3.8, 4) is 0 Å². The minimum atomic E-state index is -0.171. The Bertz CT molecular complexity index is 731. The van der Waals surface area contributed by atoms with Crippen molar-refractivity contribution in [3.63, 3.8) is 0 Å². The van der Waals surface area contributed by atoms with Crippen LogP contribution in [0.3, 0.4) is 0 Å². The molecule has 2 heterocycles. The van der Waals surface area contributed by atoms with Gasteiger partial charge in [0, 0.05) is 19.6 Å². The molecular formula is C17H20N4OS2. The van der Waals surface area contributed by atoms with Crippen molar-refractivity contribution >= 4 is 34.1 Å². The van der Waals surface area contributed by atoms with E-state index in [1.807, 2.05) is 17.9 Å². The van der Waals surface area contributed by atoms with Gasteiger partial charge >= 0.3 is 0 Å². The number of nitrogens with zero attached hydrogens (tertiary/aromatic N) is 3. The van der Waals surface area contributed by atoms with Crippen molar-refractivity contribution in [1.29, 1.82) is 0 Å². The highest BCUT2D eigenvalue weighted by Crippen LogP contribution is 2.30. The van der Waals surface area contributed by atoms with Crippen LogP contribution < -0.4 is 5.32 Å². The fourth-order valence-corrected chi connectivity index (χ4v) is 4.62. The molecule has 1 aromatic heterocycles. The topological polar surface area (TPSA) is 58.1 Å². The highest BCUT2D eigenvalue weighted by Gasteiger charge is 2.26. The molecule has 2 aromatic rings. The number of anilines is 1. The van der Waals surface area contributed by atoms with Crippen molar-refractivity contribution in [2.24, 2.45) is 0 Å². The second-order valence-electron chi connectivity index (χ2n) is 5.58. The molecule has 1 amide bonds. The molecule has 1 aromatic carbocycles. The molecule has 24 heavy (non-hydrogen) atoms. The lowest BCUT2D eigenvalue weighted by atomic mass is 10.00. The second-order valence-corrected chi connectivity index (χ2v) is 8.15. The van der Waals surface area contributed by atoms with Gasteiger partial charge in [0.1, 0.15) is 0 Å². The van der Waals surface area contributed by atoms with Gasteiger partial charge in [-0.1, -0.05) is 53.4 Å². The SMILES string of the molecule is C=CCNc1nnc(S[C@H](C)C(=O)N2CCc3ccccc3C2)s1. The van der Waals surface area contributed by atoms with E-state index in [-0.39, 0.29) is 11.2 Å². The molecule has 3 rings (SSSR count). The molecule has 0 aliphatic carbocycles. The van der Waals surface area contributed by atoms with E-state index in [0.29, 0.717) is 13.1 Å². The number of thioether (sulfide) groups is 1. The number of hydrogen-bond acceptors (Lipinski definition) is 6. The van der Waals surface area contributed by atoms with Crippen LogP contribution in [0.15, 0.2) is 41.3 Å². The van der Waals surface area contributed by atoms with Crippen molar-refractivity contribution in [2.75, 3.05) is 18.4 Å². The lowest BCUT2D eigenvalue weighted by molar-refractivity contribution is -0.131. The Morgan fingerprint density at radius 2 is 2.25 bits per heavy atom. The van der Waals surface area contributed by atoms with Crippen molar-refractivity contribution in [2.45, 2.75) is 29.5 Å². The van der Waals surface area contributed by atoms with E-state index in [0.717, 1.165) is 22.4 Å². The zero-order chi connectivity index (χ0) is 16.9. The maximum absolute atomic E-state index is 12.7. The fourth-order valence-electron chi connectivity index (χ4n) is 2.63. The Labute approximate surface area is 150 Å². The number of benzene rings is 1. The average molecular weight is 361 g/mol. The molecule has 0 spiro atoms. The van der Waals surface area contributed by atoms with Gasteiger partial charge in [-0.3, -0.25) is 4.79 Å². The van der Waals surface area contributed by atoms with Crippen LogP contribution in [0, 0.1) is 0 Å². The summed E-state index contributed by atoms with van der Waals surface area (Å²) in [5, 5.41) is 11.9. The third-order valence-electron chi connectivity index (χ3n) is 3.87. The first-order valence-corrected chi connectivity index (χ1v) is 9.57. The molecule has 5 nitrogen and oxygen atoms in total. The molecule has 0 radical (unpaired) electrons. The lowest BCUT2D eigenvalue weighted by Gasteiger charge is -2.30. The monoisotopic (exact) mass is 360 g/mol. The summed E-state index contributed by atoms with van der Waals surface area (Å²) in [5.41, 5.74) is 2.60. The number of hydrogen-bond donors (Lipinski definition) is 1. The second kappa shape index (κ2) is 7.81. The van der Waals surface area contributed by atoms with Crippen LogP contribution >= 0.6 is 23.1 Å². The highest BCUT2D eigenvalue weighted by molar-refractivity contribution is 8.02. The van der Waals surface area contributed by atoms with Crippen LogP contribution in [0.4, 0.5) is 5.13 Å². The quantitative estimate of drug-likeness (QED) is 0.633. The zero-order valence-corrected chi connectivity index (χ0v) is 15.2. The van der Waals surface area contributed by atoms with E-state index >= 15 is 0 Å². The van der Waals surface area contributed by atoms with Gasteiger partial charge in [-0.25, -0.2) is 0 Å². The van der Waals surface area contributed by atoms with E-state index in [9.17, 15) is 4.79 Å². The first kappa shape index (κ1) is 17.0. The summed E-state index contributed by atoms with van der Waals surface area (Å²) in [6, 6.07) is 8.34. The predicted molar refractivity (Wildman–Crippen MR) is 99.5 cm³/mol. The molecule has 7 heteroatoms. The van der Waals surface area contributed by atoms with Crippen molar-refractivity contribution < 1.29 is 4.79 Å². The Kier molecular flexibility index (Phi) is 5.52. The number of rotatable bonds is 6. The molecule has 1 atom stereocenters. The zero-order valence-electron chi connectivity index (χ0n) is 13.6. The molecule has 0 fully saturated rings. The normalized spacial score (nSPS) is 14.8. The molecule has 126 valence electrons. The number of carbonyl (C=O) groups excluding carboxylic acids is 1. The summed E-state index contributed by atoms with van der Waals surface area (Å²) in [5.74, 6) is 0.158. The summed E-state index contributed by atoms with van der Waals surface area (Å²) < 4.78 is 0.805. The summed E-state index contributed by atoms with van der Waals surface area (Å²) >= 11 is 2.93. The van der Waals surface area contributed by atoms with Gasteiger partial charge in [0.05, 0.1) is 5.25 Å². The number of aromatic nitrogens is 2. The van der Waals surface area contributed by atoms with Crippen molar-refractivity contribution in [3.05, 3.63) is 48.0 Å². The summed E-state index contributed by atoms with van der Waals surface area (Å²) in [4.78, 5) is 14.7. The maximum Gasteiger partial charge on any atom is 0.236 e. The predicted octanol–water partition coefficient (Wildman–Crippen LogP) is 3.20.